The van der Waals surface area contributed by atoms with Crippen LogP contribution in [0, 0.1) is 11.8 Å². The molecule has 5 heteroatoms. The van der Waals surface area contributed by atoms with Crippen LogP contribution in [0.5, 0.6) is 0 Å². The molecule has 0 N–H and O–H groups in total. The van der Waals surface area contributed by atoms with E-state index in [0.717, 1.165) is 6.42 Å². The fourth-order valence-electron chi connectivity index (χ4n) is 1.99. The Morgan fingerprint density at radius 3 is 2.18 bits per heavy atom. The van der Waals surface area contributed by atoms with Crippen LogP contribution in [0.1, 0.15) is 34.1 Å². The van der Waals surface area contributed by atoms with Gasteiger partial charge >= 0.3 is 11.9 Å². The number of allylic oxidation sites excluding steroid dienone is 2. The highest BCUT2D eigenvalue weighted by molar-refractivity contribution is 5.66. The van der Waals surface area contributed by atoms with E-state index >= 15 is 0 Å². The molecule has 0 saturated heterocycles. The zero-order valence-electron chi connectivity index (χ0n) is 14.2. The molecule has 0 saturated carbocycles. The number of carbonyl (C=O) groups is 2. The minimum Gasteiger partial charge on any atom is -0.463 e. The molecule has 0 fully saturated rings. The summed E-state index contributed by atoms with van der Waals surface area (Å²) >= 11 is 0. The molecule has 0 heterocycles. The van der Waals surface area contributed by atoms with Gasteiger partial charge in [0.15, 0.2) is 0 Å². The summed E-state index contributed by atoms with van der Waals surface area (Å²) in [5.74, 6) is -0.101. The van der Waals surface area contributed by atoms with E-state index in [1.165, 1.54) is 21.0 Å². The lowest BCUT2D eigenvalue weighted by atomic mass is 9.96. The van der Waals surface area contributed by atoms with E-state index in [4.69, 9.17) is 14.2 Å². The number of ether oxygens (including phenoxy) is 3. The minimum atomic E-state index is -0.594. The Balaban J connectivity index is 4.82. The molecule has 0 radical (unpaired) electrons. The van der Waals surface area contributed by atoms with Gasteiger partial charge in [-0.2, -0.15) is 0 Å². The maximum Gasteiger partial charge on any atom is 0.303 e. The van der Waals surface area contributed by atoms with Crippen molar-refractivity contribution in [1.82, 2.24) is 0 Å². The predicted molar refractivity (Wildman–Crippen MR) is 85.3 cm³/mol. The second-order valence-corrected chi connectivity index (χ2v) is 5.46. The molecular formula is C17H28O5. The Labute approximate surface area is 133 Å². The van der Waals surface area contributed by atoms with Gasteiger partial charge in [-0.15, -0.1) is 6.58 Å². The summed E-state index contributed by atoms with van der Waals surface area (Å²) in [6.07, 6.45) is 5.50. The highest BCUT2D eigenvalue weighted by Gasteiger charge is 2.23. The van der Waals surface area contributed by atoms with Crippen molar-refractivity contribution in [3.63, 3.8) is 0 Å². The molecule has 5 nitrogen and oxygen atoms in total. The van der Waals surface area contributed by atoms with Crippen molar-refractivity contribution in [1.29, 1.82) is 0 Å². The normalized spacial score (nSPS) is 16.6. The van der Waals surface area contributed by atoms with Crippen LogP contribution in [0.2, 0.25) is 0 Å². The molecule has 0 aromatic rings. The zero-order valence-corrected chi connectivity index (χ0v) is 14.2. The molecule has 0 aromatic carbocycles. The lowest BCUT2D eigenvalue weighted by Crippen LogP contribution is -2.35. The van der Waals surface area contributed by atoms with Crippen LogP contribution in [0.3, 0.4) is 0 Å². The van der Waals surface area contributed by atoms with Gasteiger partial charge < -0.3 is 14.2 Å². The van der Waals surface area contributed by atoms with Gasteiger partial charge in [-0.3, -0.25) is 9.59 Å². The third-order valence-corrected chi connectivity index (χ3v) is 3.20. The number of hydrogen-bond donors (Lipinski definition) is 0. The molecule has 0 aliphatic heterocycles. The van der Waals surface area contributed by atoms with Gasteiger partial charge in [-0.25, -0.2) is 0 Å². The maximum atomic E-state index is 11.2. The molecule has 0 rings (SSSR count). The summed E-state index contributed by atoms with van der Waals surface area (Å²) in [7, 11) is 1.49. The van der Waals surface area contributed by atoms with E-state index < -0.39 is 24.1 Å². The molecule has 0 aliphatic carbocycles. The molecule has 0 aliphatic rings. The van der Waals surface area contributed by atoms with E-state index in [2.05, 4.69) is 20.4 Å². The first-order chi connectivity index (χ1) is 10.3. The van der Waals surface area contributed by atoms with Crippen molar-refractivity contribution in [2.75, 3.05) is 13.7 Å². The maximum absolute atomic E-state index is 11.2. The fourth-order valence-corrected chi connectivity index (χ4v) is 1.99. The van der Waals surface area contributed by atoms with Gasteiger partial charge in [-0.05, 0) is 24.3 Å². The third-order valence-electron chi connectivity index (χ3n) is 3.20. The zero-order chi connectivity index (χ0) is 17.1. The monoisotopic (exact) mass is 312 g/mol. The smallest absolute Gasteiger partial charge is 0.303 e. The van der Waals surface area contributed by atoms with Crippen LogP contribution >= 0.6 is 0 Å². The summed E-state index contributed by atoms with van der Waals surface area (Å²) in [5, 5.41) is 0. The Hall–Kier alpha value is -1.62. The number of esters is 2. The third kappa shape index (κ3) is 9.34. The summed E-state index contributed by atoms with van der Waals surface area (Å²) in [6, 6.07) is 0. The standard InChI is InChI=1S/C17H28O5/c1-7-12(2)10-13(3)8-9-16(22-15(5)19)17(20-6)11-21-14(4)18/h7-9,12-13,16-17H,1,10-11H2,2-6H3/b9-8+. The van der Waals surface area contributed by atoms with Crippen molar-refractivity contribution in [3.05, 3.63) is 24.8 Å². The van der Waals surface area contributed by atoms with Crippen molar-refractivity contribution >= 4 is 11.9 Å². The number of rotatable bonds is 10. The van der Waals surface area contributed by atoms with Gasteiger partial charge in [-0.1, -0.05) is 26.0 Å². The molecule has 4 unspecified atom stereocenters. The van der Waals surface area contributed by atoms with Crippen LogP contribution in [-0.4, -0.2) is 37.9 Å². The average Bonchev–Trinajstić information content (AvgIpc) is 2.43. The summed E-state index contributed by atoms with van der Waals surface area (Å²) in [4.78, 5) is 22.2. The Bertz CT molecular complexity index is 389. The Kier molecular flexibility index (Phi) is 10.2. The summed E-state index contributed by atoms with van der Waals surface area (Å²) in [6.45, 7) is 10.6. The van der Waals surface area contributed by atoms with Crippen LogP contribution in [0.25, 0.3) is 0 Å². The lowest BCUT2D eigenvalue weighted by molar-refractivity contribution is -0.156. The van der Waals surface area contributed by atoms with E-state index in [-0.39, 0.29) is 6.61 Å². The molecule has 22 heavy (non-hydrogen) atoms. The summed E-state index contributed by atoms with van der Waals surface area (Å²) < 4.78 is 15.5. The largest absolute Gasteiger partial charge is 0.463 e. The van der Waals surface area contributed by atoms with E-state index in [1.807, 2.05) is 12.2 Å². The first-order valence-corrected chi connectivity index (χ1v) is 7.44. The fraction of sp³-hybridized carbons (Fsp3) is 0.647. The van der Waals surface area contributed by atoms with Crippen molar-refractivity contribution in [2.45, 2.75) is 46.3 Å². The Morgan fingerprint density at radius 2 is 1.73 bits per heavy atom. The lowest BCUT2D eigenvalue weighted by Gasteiger charge is -2.23. The van der Waals surface area contributed by atoms with Gasteiger partial charge in [0, 0.05) is 21.0 Å². The SMILES string of the molecule is C=CC(C)CC(C)/C=C/C(OC(C)=O)C(COC(C)=O)OC. The van der Waals surface area contributed by atoms with Gasteiger partial charge in [0.1, 0.15) is 18.8 Å². The van der Waals surface area contributed by atoms with Crippen molar-refractivity contribution in [3.8, 4) is 0 Å². The summed E-state index contributed by atoms with van der Waals surface area (Å²) in [5.41, 5.74) is 0. The molecule has 0 bridgehead atoms. The molecule has 0 amide bonds. The molecule has 0 aromatic heterocycles. The first kappa shape index (κ1) is 20.4. The van der Waals surface area contributed by atoms with Crippen LogP contribution in [-0.2, 0) is 23.8 Å². The number of carbonyl (C=O) groups excluding carboxylic acids is 2. The van der Waals surface area contributed by atoms with Gasteiger partial charge in [0.05, 0.1) is 0 Å². The van der Waals surface area contributed by atoms with E-state index in [0.29, 0.717) is 11.8 Å². The predicted octanol–water partition coefficient (Wildman–Crippen LogP) is 2.90. The second-order valence-electron chi connectivity index (χ2n) is 5.46. The van der Waals surface area contributed by atoms with Crippen molar-refractivity contribution in [2.24, 2.45) is 11.8 Å². The van der Waals surface area contributed by atoms with Crippen LogP contribution in [0.15, 0.2) is 24.8 Å². The average molecular weight is 312 g/mol. The highest BCUT2D eigenvalue weighted by Crippen LogP contribution is 2.15. The highest BCUT2D eigenvalue weighted by atomic mass is 16.6. The molecule has 4 atom stereocenters. The minimum absolute atomic E-state index is 0.0333. The van der Waals surface area contributed by atoms with Crippen LogP contribution < -0.4 is 0 Å². The Morgan fingerprint density at radius 1 is 1.09 bits per heavy atom. The molecule has 0 spiro atoms. The first-order valence-electron chi connectivity index (χ1n) is 7.44. The van der Waals surface area contributed by atoms with Crippen LogP contribution in [0.4, 0.5) is 0 Å². The van der Waals surface area contributed by atoms with E-state index in [1.54, 1.807) is 6.08 Å². The molecular weight excluding hydrogens is 284 g/mol. The number of methoxy groups -OCH3 is 1. The second kappa shape index (κ2) is 11.0. The molecule has 126 valence electrons. The van der Waals surface area contributed by atoms with Gasteiger partial charge in [0.2, 0.25) is 0 Å². The topological polar surface area (TPSA) is 61.8 Å². The van der Waals surface area contributed by atoms with Crippen molar-refractivity contribution < 1.29 is 23.8 Å². The number of hydrogen-bond acceptors (Lipinski definition) is 5. The van der Waals surface area contributed by atoms with Gasteiger partial charge in [0.25, 0.3) is 0 Å². The van der Waals surface area contributed by atoms with E-state index in [9.17, 15) is 9.59 Å². The quantitative estimate of drug-likeness (QED) is 0.458.